The van der Waals surface area contributed by atoms with E-state index in [9.17, 15) is 43.9 Å². The summed E-state index contributed by atoms with van der Waals surface area (Å²) in [6.07, 6.45) is -11.2. The summed E-state index contributed by atoms with van der Waals surface area (Å²) in [5, 5.41) is 0. The lowest BCUT2D eigenvalue weighted by molar-refractivity contribution is -0.143. The van der Waals surface area contributed by atoms with Crippen LogP contribution >= 0.6 is 0 Å². The fourth-order valence-electron chi connectivity index (χ4n) is 5.34. The number of piperidine rings is 1. The van der Waals surface area contributed by atoms with E-state index >= 15 is 0 Å². The van der Waals surface area contributed by atoms with Gasteiger partial charge in [0.2, 0.25) is 15.9 Å². The number of sulfonamides is 1. The molecule has 14 heteroatoms. The molecule has 1 amide bonds. The van der Waals surface area contributed by atoms with Crippen LogP contribution in [0.3, 0.4) is 0 Å². The lowest BCUT2D eigenvalue weighted by Gasteiger charge is -2.37. The van der Waals surface area contributed by atoms with Crippen LogP contribution in [-0.4, -0.2) is 50.2 Å². The number of halogens is 7. The highest BCUT2D eigenvalue weighted by Crippen LogP contribution is 2.44. The van der Waals surface area contributed by atoms with Crippen LogP contribution in [0.25, 0.3) is 0 Å². The van der Waals surface area contributed by atoms with E-state index in [2.05, 4.69) is 4.72 Å². The summed E-state index contributed by atoms with van der Waals surface area (Å²) in [6, 6.07) is 5.13. The summed E-state index contributed by atoms with van der Waals surface area (Å²) >= 11 is 0. The zero-order chi connectivity index (χ0) is 28.9. The minimum atomic E-state index is -5.03. The van der Waals surface area contributed by atoms with E-state index in [4.69, 9.17) is 4.74 Å². The molecule has 5 atom stereocenters. The van der Waals surface area contributed by atoms with Gasteiger partial charge >= 0.3 is 12.4 Å². The second-order valence-electron chi connectivity index (χ2n) is 9.87. The maximum absolute atomic E-state index is 13.7. The molecule has 2 heterocycles. The average Bonchev–Trinajstić information content (AvgIpc) is 3.15. The molecule has 214 valence electrons. The van der Waals surface area contributed by atoms with Gasteiger partial charge in [-0.3, -0.25) is 4.79 Å². The smallest absolute Gasteiger partial charge is 0.368 e. The summed E-state index contributed by atoms with van der Waals surface area (Å²) in [7, 11) is -3.65. The molecule has 0 bridgehead atoms. The van der Waals surface area contributed by atoms with Crippen molar-refractivity contribution < 1.29 is 48.7 Å². The Morgan fingerprint density at radius 3 is 2.08 bits per heavy atom. The molecule has 2 aromatic rings. The molecule has 4 rings (SSSR count). The molecule has 2 saturated heterocycles. The Balaban J connectivity index is 1.69. The molecule has 2 aromatic carbocycles. The molecule has 2 aliphatic heterocycles. The molecule has 0 aromatic heterocycles. The quantitative estimate of drug-likeness (QED) is 0.486. The molecule has 0 radical (unpaired) electrons. The first-order chi connectivity index (χ1) is 17.9. The number of benzene rings is 2. The molecule has 2 fully saturated rings. The first kappa shape index (κ1) is 29.3. The zero-order valence-corrected chi connectivity index (χ0v) is 21.5. The van der Waals surface area contributed by atoms with Crippen molar-refractivity contribution in [3.05, 3.63) is 70.5 Å². The number of hydrogen-bond acceptors (Lipinski definition) is 4. The highest BCUT2D eigenvalue weighted by atomic mass is 32.2. The second-order valence-corrected chi connectivity index (χ2v) is 11.7. The van der Waals surface area contributed by atoms with Crippen LogP contribution in [0, 0.1) is 5.82 Å². The predicted molar refractivity (Wildman–Crippen MR) is 125 cm³/mol. The maximum atomic E-state index is 13.7. The topological polar surface area (TPSA) is 75.7 Å². The Labute approximate surface area is 220 Å². The molecule has 6 nitrogen and oxygen atoms in total. The van der Waals surface area contributed by atoms with Crippen LogP contribution in [0.4, 0.5) is 30.7 Å². The molecule has 0 saturated carbocycles. The minimum Gasteiger partial charge on any atom is -0.368 e. The van der Waals surface area contributed by atoms with E-state index in [1.807, 2.05) is 0 Å². The van der Waals surface area contributed by atoms with Crippen LogP contribution in [0.1, 0.15) is 54.0 Å². The van der Waals surface area contributed by atoms with Crippen molar-refractivity contribution in [2.75, 3.05) is 12.8 Å². The second kappa shape index (κ2) is 10.4. The molecule has 1 N–H and O–H groups in total. The van der Waals surface area contributed by atoms with Gasteiger partial charge in [-0.15, -0.1) is 0 Å². The highest BCUT2D eigenvalue weighted by Gasteiger charge is 2.50. The number of carbonyl (C=O) groups is 1. The largest absolute Gasteiger partial charge is 0.416 e. The van der Waals surface area contributed by atoms with Crippen LogP contribution < -0.4 is 4.72 Å². The Morgan fingerprint density at radius 2 is 1.56 bits per heavy atom. The van der Waals surface area contributed by atoms with E-state index in [-0.39, 0.29) is 31.0 Å². The van der Waals surface area contributed by atoms with Crippen molar-refractivity contribution in [2.45, 2.75) is 62.3 Å². The van der Waals surface area contributed by atoms with E-state index in [1.165, 1.54) is 36.1 Å². The van der Waals surface area contributed by atoms with Crippen molar-refractivity contribution in [2.24, 2.45) is 0 Å². The van der Waals surface area contributed by atoms with Gasteiger partial charge in [-0.1, -0.05) is 12.1 Å². The van der Waals surface area contributed by atoms with Crippen molar-refractivity contribution in [1.82, 2.24) is 9.62 Å². The van der Waals surface area contributed by atoms with E-state index < -0.39 is 75.4 Å². The van der Waals surface area contributed by atoms with Crippen LogP contribution in [-0.2, 0) is 31.9 Å². The fraction of sp³-hybridized carbons (Fsp3) is 0.480. The van der Waals surface area contributed by atoms with Gasteiger partial charge in [0.25, 0.3) is 0 Å². The van der Waals surface area contributed by atoms with Gasteiger partial charge in [0.05, 0.1) is 29.6 Å². The van der Waals surface area contributed by atoms with Gasteiger partial charge in [-0.05, 0) is 54.8 Å². The van der Waals surface area contributed by atoms with E-state index in [0.717, 1.165) is 6.26 Å². The first-order valence-electron chi connectivity index (χ1n) is 11.9. The molecule has 39 heavy (non-hydrogen) atoms. The standard InChI is InChI=1S/C25H25F7N2O4S/c1-13(15-7-16(24(27,28)29)9-17(8-15)25(30,31)32)38-21-12-34-20(23(21)14-3-5-18(26)6-4-14)10-19(11-22(34)35)33-39(2,36)37/h3-9,13,19-21,23,33H,10-12H2,1-2H3/t13-,19?,20+,21+,23?/m1/s1. The number of ether oxygens (including phenoxy) is 1. The van der Waals surface area contributed by atoms with Crippen LogP contribution in [0.2, 0.25) is 0 Å². The molecule has 2 unspecified atom stereocenters. The Hall–Kier alpha value is -2.71. The van der Waals surface area contributed by atoms with Crippen molar-refractivity contribution in [1.29, 1.82) is 0 Å². The monoisotopic (exact) mass is 582 g/mol. The van der Waals surface area contributed by atoms with Crippen LogP contribution in [0.5, 0.6) is 0 Å². The number of amides is 1. The van der Waals surface area contributed by atoms with Gasteiger partial charge in [0, 0.05) is 31.0 Å². The minimum absolute atomic E-state index is 0.0287. The van der Waals surface area contributed by atoms with Crippen LogP contribution in [0.15, 0.2) is 42.5 Å². The van der Waals surface area contributed by atoms with Gasteiger partial charge in [0.15, 0.2) is 0 Å². The maximum Gasteiger partial charge on any atom is 0.416 e. The SMILES string of the molecule is C[C@@H](O[C@H]1CN2C(=O)CC(NS(C)(=O)=O)C[C@H]2C1c1ccc(F)cc1)c1cc(C(F)(F)F)cc(C(F)(F)F)c1. The van der Waals surface area contributed by atoms with Gasteiger partial charge < -0.3 is 9.64 Å². The summed E-state index contributed by atoms with van der Waals surface area (Å²) < 4.78 is 126. The fourth-order valence-corrected chi connectivity index (χ4v) is 6.13. The highest BCUT2D eigenvalue weighted by molar-refractivity contribution is 7.88. The average molecular weight is 583 g/mol. The first-order valence-corrected chi connectivity index (χ1v) is 13.8. The van der Waals surface area contributed by atoms with Crippen molar-refractivity contribution in [3.63, 3.8) is 0 Å². The molecular formula is C25H25F7N2O4S. The Bertz CT molecular complexity index is 1300. The third-order valence-electron chi connectivity index (χ3n) is 6.95. The summed E-state index contributed by atoms with van der Waals surface area (Å²) in [5.41, 5.74) is -2.80. The molecule has 0 spiro atoms. The summed E-state index contributed by atoms with van der Waals surface area (Å²) in [5.74, 6) is -1.59. The number of fused-ring (bicyclic) bond motifs is 1. The van der Waals surface area contributed by atoms with Gasteiger partial charge in [-0.25, -0.2) is 17.5 Å². The summed E-state index contributed by atoms with van der Waals surface area (Å²) in [4.78, 5) is 14.4. The number of hydrogen-bond donors (Lipinski definition) is 1. The van der Waals surface area contributed by atoms with E-state index in [0.29, 0.717) is 17.7 Å². The number of nitrogens with zero attached hydrogens (tertiary/aromatic N) is 1. The third kappa shape index (κ3) is 6.72. The molecule has 0 aliphatic carbocycles. The number of alkyl halides is 6. The van der Waals surface area contributed by atoms with Gasteiger partial charge in [-0.2, -0.15) is 26.3 Å². The number of nitrogens with one attached hydrogen (secondary N) is 1. The van der Waals surface area contributed by atoms with Crippen molar-refractivity contribution >= 4 is 15.9 Å². The lowest BCUT2D eigenvalue weighted by atomic mass is 9.84. The molecular weight excluding hydrogens is 557 g/mol. The van der Waals surface area contributed by atoms with Gasteiger partial charge in [0.1, 0.15) is 5.82 Å². The number of carbonyl (C=O) groups excluding carboxylic acids is 1. The predicted octanol–water partition coefficient (Wildman–Crippen LogP) is 5.02. The number of rotatable bonds is 6. The summed E-state index contributed by atoms with van der Waals surface area (Å²) in [6.45, 7) is 1.27. The zero-order valence-electron chi connectivity index (χ0n) is 20.7. The normalized spacial score (nSPS) is 25.1. The third-order valence-corrected chi connectivity index (χ3v) is 7.71. The lowest BCUT2D eigenvalue weighted by Crippen LogP contribution is -2.51. The Morgan fingerprint density at radius 1 is 1.00 bits per heavy atom. The Kier molecular flexibility index (Phi) is 7.78. The molecule has 2 aliphatic rings. The van der Waals surface area contributed by atoms with Crippen molar-refractivity contribution in [3.8, 4) is 0 Å². The van der Waals surface area contributed by atoms with E-state index in [1.54, 1.807) is 0 Å².